The SMILES string of the molecule is COc1cccc2c1CCc1c(O)[nH]c(O)c1-2. The third-order valence-electron chi connectivity index (χ3n) is 3.31. The van der Waals surface area contributed by atoms with E-state index in [0.29, 0.717) is 12.0 Å². The number of H-pyrrole nitrogens is 1. The summed E-state index contributed by atoms with van der Waals surface area (Å²) in [6.07, 6.45) is 1.50. The molecule has 3 rings (SSSR count). The van der Waals surface area contributed by atoms with Gasteiger partial charge in [-0.1, -0.05) is 12.1 Å². The molecule has 0 aliphatic heterocycles. The number of hydrogen-bond donors (Lipinski definition) is 3. The number of benzene rings is 1. The van der Waals surface area contributed by atoms with Crippen LogP contribution >= 0.6 is 0 Å². The molecule has 1 aliphatic carbocycles. The minimum absolute atomic E-state index is 0.0201. The van der Waals surface area contributed by atoms with Gasteiger partial charge in [0.1, 0.15) is 5.75 Å². The molecule has 1 aliphatic rings. The third kappa shape index (κ3) is 1.30. The molecule has 2 aromatic rings. The molecule has 4 heteroatoms. The Hall–Kier alpha value is -2.10. The first kappa shape index (κ1) is 10.1. The molecule has 4 nitrogen and oxygen atoms in total. The van der Waals surface area contributed by atoms with Gasteiger partial charge in [0.2, 0.25) is 0 Å². The van der Waals surface area contributed by atoms with Crippen LogP contribution in [0.15, 0.2) is 18.2 Å². The summed E-state index contributed by atoms with van der Waals surface area (Å²) >= 11 is 0. The predicted octanol–water partition coefficient (Wildman–Crippen LogP) is 2.20. The van der Waals surface area contributed by atoms with E-state index in [2.05, 4.69) is 4.98 Å². The zero-order chi connectivity index (χ0) is 12.0. The van der Waals surface area contributed by atoms with Crippen LogP contribution in [0.1, 0.15) is 11.1 Å². The lowest BCUT2D eigenvalue weighted by molar-refractivity contribution is 0.409. The number of aromatic amines is 1. The molecule has 3 N–H and O–H groups in total. The van der Waals surface area contributed by atoms with Crippen molar-refractivity contribution in [2.45, 2.75) is 12.8 Å². The lowest BCUT2D eigenvalue weighted by Crippen LogP contribution is -2.04. The number of hydrogen-bond acceptors (Lipinski definition) is 3. The Morgan fingerprint density at radius 3 is 2.65 bits per heavy atom. The molecule has 0 atom stereocenters. The van der Waals surface area contributed by atoms with Gasteiger partial charge in [-0.05, 0) is 24.5 Å². The number of aromatic hydroxyl groups is 2. The van der Waals surface area contributed by atoms with Crippen LogP contribution in [0.3, 0.4) is 0 Å². The Morgan fingerprint density at radius 2 is 1.88 bits per heavy atom. The van der Waals surface area contributed by atoms with Gasteiger partial charge in [-0.2, -0.15) is 0 Å². The molecular formula is C13H13NO3. The summed E-state index contributed by atoms with van der Waals surface area (Å²) in [6, 6.07) is 5.73. The van der Waals surface area contributed by atoms with Crippen molar-refractivity contribution in [3.8, 4) is 28.6 Å². The third-order valence-corrected chi connectivity index (χ3v) is 3.31. The molecular weight excluding hydrogens is 218 g/mol. The van der Waals surface area contributed by atoms with Crippen molar-refractivity contribution < 1.29 is 14.9 Å². The minimum atomic E-state index is 0.0201. The average Bonchev–Trinajstić information content (AvgIpc) is 2.64. The lowest BCUT2D eigenvalue weighted by Gasteiger charge is -2.19. The van der Waals surface area contributed by atoms with E-state index in [4.69, 9.17) is 4.74 Å². The molecule has 0 amide bonds. The van der Waals surface area contributed by atoms with Crippen LogP contribution in [0, 0.1) is 0 Å². The summed E-state index contributed by atoms with van der Waals surface area (Å²) in [5, 5.41) is 19.5. The summed E-state index contributed by atoms with van der Waals surface area (Å²) in [5.74, 6) is 0.908. The van der Waals surface area contributed by atoms with Crippen molar-refractivity contribution in [1.29, 1.82) is 0 Å². The van der Waals surface area contributed by atoms with Crippen molar-refractivity contribution in [2.75, 3.05) is 7.11 Å². The maximum Gasteiger partial charge on any atom is 0.199 e. The number of ether oxygens (including phenoxy) is 1. The Bertz CT molecular complexity index is 587. The highest BCUT2D eigenvalue weighted by Crippen LogP contribution is 2.45. The zero-order valence-electron chi connectivity index (χ0n) is 9.45. The molecule has 0 bridgehead atoms. The number of nitrogens with one attached hydrogen (secondary N) is 1. The summed E-state index contributed by atoms with van der Waals surface area (Å²) in [7, 11) is 1.64. The summed E-state index contributed by atoms with van der Waals surface area (Å²) < 4.78 is 5.32. The van der Waals surface area contributed by atoms with Gasteiger partial charge >= 0.3 is 0 Å². The smallest absolute Gasteiger partial charge is 0.199 e. The van der Waals surface area contributed by atoms with Crippen molar-refractivity contribution in [1.82, 2.24) is 4.98 Å². The number of methoxy groups -OCH3 is 1. The minimum Gasteiger partial charge on any atom is -0.496 e. The van der Waals surface area contributed by atoms with E-state index < -0.39 is 0 Å². The van der Waals surface area contributed by atoms with Crippen LogP contribution in [-0.4, -0.2) is 22.3 Å². The molecule has 17 heavy (non-hydrogen) atoms. The maximum atomic E-state index is 9.83. The topological polar surface area (TPSA) is 65.5 Å². The van der Waals surface area contributed by atoms with Crippen LogP contribution in [-0.2, 0) is 12.8 Å². The number of fused-ring (bicyclic) bond motifs is 3. The van der Waals surface area contributed by atoms with Gasteiger partial charge in [0.05, 0.1) is 12.7 Å². The molecule has 0 radical (unpaired) electrons. The molecule has 1 heterocycles. The first-order valence-corrected chi connectivity index (χ1v) is 5.51. The first-order chi connectivity index (χ1) is 8.22. The average molecular weight is 231 g/mol. The summed E-state index contributed by atoms with van der Waals surface area (Å²) in [4.78, 5) is 2.57. The number of aromatic nitrogens is 1. The van der Waals surface area contributed by atoms with E-state index in [1.54, 1.807) is 7.11 Å². The Kier molecular flexibility index (Phi) is 2.04. The van der Waals surface area contributed by atoms with Crippen LogP contribution in [0.4, 0.5) is 0 Å². The van der Waals surface area contributed by atoms with Gasteiger partial charge < -0.3 is 14.9 Å². The largest absolute Gasteiger partial charge is 0.496 e. The van der Waals surface area contributed by atoms with Crippen molar-refractivity contribution in [2.24, 2.45) is 0 Å². The van der Waals surface area contributed by atoms with E-state index in [0.717, 1.165) is 28.9 Å². The highest BCUT2D eigenvalue weighted by molar-refractivity contribution is 5.81. The predicted molar refractivity (Wildman–Crippen MR) is 63.5 cm³/mol. The fourth-order valence-corrected chi connectivity index (χ4v) is 2.54. The normalized spacial score (nSPS) is 13.0. The Balaban J connectivity index is 2.30. The molecule has 1 aromatic heterocycles. The standard InChI is InChI=1S/C13H13NO3/c1-17-10-4-2-3-8-7(10)5-6-9-11(8)13(16)14-12(9)15/h2-4,14-16H,5-6H2,1H3. The second-order valence-electron chi connectivity index (χ2n) is 4.16. The van der Waals surface area contributed by atoms with Gasteiger partial charge in [0.25, 0.3) is 0 Å². The van der Waals surface area contributed by atoms with Crippen molar-refractivity contribution >= 4 is 0 Å². The van der Waals surface area contributed by atoms with Crippen LogP contribution in [0.25, 0.3) is 11.1 Å². The second-order valence-corrected chi connectivity index (χ2v) is 4.16. The first-order valence-electron chi connectivity index (χ1n) is 5.51. The van der Waals surface area contributed by atoms with Crippen LogP contribution in [0.2, 0.25) is 0 Å². The number of rotatable bonds is 1. The Morgan fingerprint density at radius 1 is 1.12 bits per heavy atom. The van der Waals surface area contributed by atoms with Crippen molar-refractivity contribution in [3.05, 3.63) is 29.3 Å². The van der Waals surface area contributed by atoms with E-state index in [9.17, 15) is 10.2 Å². The van der Waals surface area contributed by atoms with E-state index in [-0.39, 0.29) is 11.8 Å². The van der Waals surface area contributed by atoms with Crippen LogP contribution < -0.4 is 4.74 Å². The lowest BCUT2D eigenvalue weighted by atomic mass is 9.87. The molecule has 0 saturated heterocycles. The monoisotopic (exact) mass is 231 g/mol. The van der Waals surface area contributed by atoms with Gasteiger partial charge in [0, 0.05) is 11.1 Å². The molecule has 0 unspecified atom stereocenters. The van der Waals surface area contributed by atoms with E-state index in [1.165, 1.54) is 0 Å². The molecule has 1 aromatic carbocycles. The van der Waals surface area contributed by atoms with E-state index >= 15 is 0 Å². The van der Waals surface area contributed by atoms with Gasteiger partial charge in [-0.25, -0.2) is 0 Å². The molecule has 0 saturated carbocycles. The van der Waals surface area contributed by atoms with Gasteiger partial charge in [0.15, 0.2) is 11.8 Å². The molecule has 88 valence electrons. The summed E-state index contributed by atoms with van der Waals surface area (Å²) in [5.41, 5.74) is 3.49. The fraction of sp³-hybridized carbons (Fsp3) is 0.231. The van der Waals surface area contributed by atoms with Crippen molar-refractivity contribution in [3.63, 3.8) is 0 Å². The Labute approximate surface area is 98.5 Å². The van der Waals surface area contributed by atoms with Crippen LogP contribution in [0.5, 0.6) is 17.5 Å². The quantitative estimate of drug-likeness (QED) is 0.705. The van der Waals surface area contributed by atoms with Gasteiger partial charge in [-0.15, -0.1) is 0 Å². The maximum absolute atomic E-state index is 9.83. The fourth-order valence-electron chi connectivity index (χ4n) is 2.54. The highest BCUT2D eigenvalue weighted by atomic mass is 16.5. The second kappa shape index (κ2) is 3.45. The zero-order valence-corrected chi connectivity index (χ0v) is 9.45. The molecule has 0 spiro atoms. The summed E-state index contributed by atoms with van der Waals surface area (Å²) in [6.45, 7) is 0. The van der Waals surface area contributed by atoms with Gasteiger partial charge in [-0.3, -0.25) is 4.98 Å². The molecule has 0 fully saturated rings. The van der Waals surface area contributed by atoms with E-state index in [1.807, 2.05) is 18.2 Å². The highest BCUT2D eigenvalue weighted by Gasteiger charge is 2.26.